The van der Waals surface area contributed by atoms with Gasteiger partial charge in [-0.15, -0.1) is 0 Å². The summed E-state index contributed by atoms with van der Waals surface area (Å²) in [5, 5.41) is 4.21. The van der Waals surface area contributed by atoms with Gasteiger partial charge in [0.2, 0.25) is 0 Å². The summed E-state index contributed by atoms with van der Waals surface area (Å²) in [4.78, 5) is 0. The van der Waals surface area contributed by atoms with Gasteiger partial charge in [0.25, 0.3) is 0 Å². The van der Waals surface area contributed by atoms with Crippen LogP contribution < -0.4 is 5.73 Å². The van der Waals surface area contributed by atoms with E-state index in [0.29, 0.717) is 12.8 Å². The van der Waals surface area contributed by atoms with Gasteiger partial charge in [0.1, 0.15) is 9.84 Å². The summed E-state index contributed by atoms with van der Waals surface area (Å²) in [7, 11) is -1.04. The molecular weight excluding hydrogens is 226 g/mol. The fraction of sp³-hybridized carbons (Fsp3) is 0.700. The van der Waals surface area contributed by atoms with Crippen LogP contribution in [0.4, 0.5) is 0 Å². The zero-order valence-electron chi connectivity index (χ0n) is 9.97. The molecule has 0 aliphatic heterocycles. The second-order valence-corrected chi connectivity index (χ2v) is 6.48. The molecule has 0 aliphatic carbocycles. The predicted octanol–water partition coefficient (Wildman–Crippen LogP) is 0.553. The van der Waals surface area contributed by atoms with Gasteiger partial charge in [-0.25, -0.2) is 8.42 Å². The molecular formula is C10H19N3O2S. The summed E-state index contributed by atoms with van der Waals surface area (Å²) < 4.78 is 23.6. The van der Waals surface area contributed by atoms with Gasteiger partial charge in [0.15, 0.2) is 0 Å². The molecule has 0 fully saturated rings. The predicted molar refractivity (Wildman–Crippen MR) is 63.8 cm³/mol. The highest BCUT2D eigenvalue weighted by Gasteiger charge is 2.13. The number of sulfone groups is 1. The monoisotopic (exact) mass is 245 g/mol. The molecule has 0 spiro atoms. The standard InChI is InChI=1S/C10H19N3O2S/c1-8-9(7-13(2)12-8)10(11)5-4-6-16(3,14)15/h7,10H,4-6,11H2,1-3H3. The number of aromatic nitrogens is 2. The van der Waals surface area contributed by atoms with Crippen LogP contribution in [0, 0.1) is 6.92 Å². The van der Waals surface area contributed by atoms with Crippen molar-refractivity contribution in [3.05, 3.63) is 17.5 Å². The van der Waals surface area contributed by atoms with Crippen LogP contribution in [0.15, 0.2) is 6.20 Å². The van der Waals surface area contributed by atoms with Crippen LogP contribution in [-0.4, -0.2) is 30.2 Å². The summed E-state index contributed by atoms with van der Waals surface area (Å²) in [5.41, 5.74) is 7.90. The molecule has 5 nitrogen and oxygen atoms in total. The molecule has 0 aromatic carbocycles. The Hall–Kier alpha value is -0.880. The summed E-state index contributed by atoms with van der Waals surface area (Å²) in [6.45, 7) is 1.91. The Bertz CT molecular complexity index is 451. The summed E-state index contributed by atoms with van der Waals surface area (Å²) in [5.74, 6) is 0.194. The first-order valence-electron chi connectivity index (χ1n) is 5.23. The van der Waals surface area contributed by atoms with E-state index in [1.54, 1.807) is 4.68 Å². The van der Waals surface area contributed by atoms with Gasteiger partial charge >= 0.3 is 0 Å². The highest BCUT2D eigenvalue weighted by Crippen LogP contribution is 2.18. The molecule has 0 radical (unpaired) electrons. The molecule has 0 amide bonds. The molecule has 1 unspecified atom stereocenters. The molecule has 1 aromatic heterocycles. The van der Waals surface area contributed by atoms with Gasteiger partial charge < -0.3 is 5.73 Å². The molecule has 0 saturated heterocycles. The van der Waals surface area contributed by atoms with Crippen molar-refractivity contribution in [3.8, 4) is 0 Å². The first-order valence-corrected chi connectivity index (χ1v) is 7.29. The minimum atomic E-state index is -2.88. The molecule has 92 valence electrons. The van der Waals surface area contributed by atoms with Crippen LogP contribution in [0.3, 0.4) is 0 Å². The lowest BCUT2D eigenvalue weighted by Crippen LogP contribution is -2.13. The smallest absolute Gasteiger partial charge is 0.147 e. The van der Waals surface area contributed by atoms with Crippen molar-refractivity contribution in [2.45, 2.75) is 25.8 Å². The number of hydrogen-bond acceptors (Lipinski definition) is 4. The number of nitrogens with zero attached hydrogens (tertiary/aromatic N) is 2. The second-order valence-electron chi connectivity index (χ2n) is 4.22. The normalized spacial score (nSPS) is 14.0. The zero-order valence-corrected chi connectivity index (χ0v) is 10.8. The molecule has 2 N–H and O–H groups in total. The fourth-order valence-corrected chi connectivity index (χ4v) is 2.39. The third-order valence-corrected chi connectivity index (χ3v) is 3.51. The Morgan fingerprint density at radius 1 is 1.56 bits per heavy atom. The van der Waals surface area contributed by atoms with E-state index >= 15 is 0 Å². The van der Waals surface area contributed by atoms with E-state index in [9.17, 15) is 8.42 Å². The molecule has 0 bridgehead atoms. The van der Waals surface area contributed by atoms with E-state index in [0.717, 1.165) is 11.3 Å². The van der Waals surface area contributed by atoms with E-state index in [-0.39, 0.29) is 11.8 Å². The topological polar surface area (TPSA) is 78.0 Å². The van der Waals surface area contributed by atoms with E-state index in [4.69, 9.17) is 5.73 Å². The van der Waals surface area contributed by atoms with Crippen molar-refractivity contribution in [2.24, 2.45) is 12.8 Å². The molecule has 0 aliphatic rings. The lowest BCUT2D eigenvalue weighted by Gasteiger charge is -2.09. The maximum atomic E-state index is 11.0. The lowest BCUT2D eigenvalue weighted by atomic mass is 10.0. The average Bonchev–Trinajstić information content (AvgIpc) is 2.43. The SMILES string of the molecule is Cc1nn(C)cc1C(N)CCCS(C)(=O)=O. The molecule has 16 heavy (non-hydrogen) atoms. The van der Waals surface area contributed by atoms with Crippen LogP contribution in [0.5, 0.6) is 0 Å². The van der Waals surface area contributed by atoms with Crippen molar-refractivity contribution >= 4 is 9.84 Å². The maximum absolute atomic E-state index is 11.0. The van der Waals surface area contributed by atoms with Gasteiger partial charge in [-0.1, -0.05) is 0 Å². The minimum Gasteiger partial charge on any atom is -0.324 e. The Morgan fingerprint density at radius 2 is 2.19 bits per heavy atom. The number of hydrogen-bond donors (Lipinski definition) is 1. The van der Waals surface area contributed by atoms with Gasteiger partial charge in [-0.05, 0) is 19.8 Å². The van der Waals surface area contributed by atoms with Crippen LogP contribution in [0.25, 0.3) is 0 Å². The Kier molecular flexibility index (Phi) is 4.09. The second kappa shape index (κ2) is 4.97. The van der Waals surface area contributed by atoms with Crippen LogP contribution >= 0.6 is 0 Å². The third-order valence-electron chi connectivity index (χ3n) is 2.48. The molecule has 1 atom stereocenters. The van der Waals surface area contributed by atoms with Crippen LogP contribution in [-0.2, 0) is 16.9 Å². The van der Waals surface area contributed by atoms with Crippen molar-refractivity contribution in [1.82, 2.24) is 9.78 Å². The lowest BCUT2D eigenvalue weighted by molar-refractivity contribution is 0.587. The number of nitrogens with two attached hydrogens (primary N) is 1. The molecule has 0 saturated carbocycles. The molecule has 1 heterocycles. The van der Waals surface area contributed by atoms with Gasteiger partial charge in [0, 0.05) is 36.9 Å². The summed E-state index contributed by atoms with van der Waals surface area (Å²) in [6.07, 6.45) is 4.39. The maximum Gasteiger partial charge on any atom is 0.147 e. The first kappa shape index (κ1) is 13.2. The van der Waals surface area contributed by atoms with Crippen molar-refractivity contribution in [1.29, 1.82) is 0 Å². The zero-order chi connectivity index (χ0) is 12.3. The molecule has 6 heteroatoms. The first-order chi connectivity index (χ1) is 7.29. The third kappa shape index (κ3) is 3.94. The average molecular weight is 245 g/mol. The van der Waals surface area contributed by atoms with Crippen molar-refractivity contribution in [2.75, 3.05) is 12.0 Å². The summed E-state index contributed by atoms with van der Waals surface area (Å²) >= 11 is 0. The van der Waals surface area contributed by atoms with Gasteiger partial charge in [0.05, 0.1) is 5.69 Å². The van der Waals surface area contributed by atoms with E-state index in [1.807, 2.05) is 20.2 Å². The largest absolute Gasteiger partial charge is 0.324 e. The van der Waals surface area contributed by atoms with Gasteiger partial charge in [-0.3, -0.25) is 4.68 Å². The number of aryl methyl sites for hydroxylation is 2. The van der Waals surface area contributed by atoms with Crippen molar-refractivity contribution < 1.29 is 8.42 Å². The van der Waals surface area contributed by atoms with Crippen LogP contribution in [0.2, 0.25) is 0 Å². The summed E-state index contributed by atoms with van der Waals surface area (Å²) in [6, 6.07) is -0.129. The Labute approximate surface area is 96.6 Å². The van der Waals surface area contributed by atoms with Crippen LogP contribution in [0.1, 0.15) is 30.1 Å². The van der Waals surface area contributed by atoms with E-state index in [1.165, 1.54) is 6.26 Å². The van der Waals surface area contributed by atoms with E-state index < -0.39 is 9.84 Å². The number of rotatable bonds is 5. The van der Waals surface area contributed by atoms with Gasteiger partial charge in [-0.2, -0.15) is 5.10 Å². The fourth-order valence-electron chi connectivity index (χ4n) is 1.70. The Morgan fingerprint density at radius 3 is 2.62 bits per heavy atom. The quantitative estimate of drug-likeness (QED) is 0.822. The Balaban J connectivity index is 2.53. The van der Waals surface area contributed by atoms with E-state index in [2.05, 4.69) is 5.10 Å². The highest BCUT2D eigenvalue weighted by atomic mass is 32.2. The van der Waals surface area contributed by atoms with Crippen molar-refractivity contribution in [3.63, 3.8) is 0 Å². The minimum absolute atomic E-state index is 0.129. The molecule has 1 aromatic rings. The molecule has 1 rings (SSSR count). The highest BCUT2D eigenvalue weighted by molar-refractivity contribution is 7.90.